The number of carbonyl (C=O) groups is 1. The number of nitrogens with zero attached hydrogens (tertiary/aromatic N) is 2. The number of carbonyl (C=O) groups excluding carboxylic acids is 1. The first-order chi connectivity index (χ1) is 7.67. The Hall–Kier alpha value is -1.89. The molecule has 0 fully saturated rings. The van der Waals surface area contributed by atoms with Crippen LogP contribution in [0.1, 0.15) is 12.0 Å². The first-order valence-electron chi connectivity index (χ1n) is 4.78. The van der Waals surface area contributed by atoms with Crippen molar-refractivity contribution in [3.8, 4) is 0 Å². The highest BCUT2D eigenvalue weighted by atomic mass is 16.5. The molecule has 0 aromatic carbocycles. The number of hydrogen-bond acceptors (Lipinski definition) is 7. The summed E-state index contributed by atoms with van der Waals surface area (Å²) < 4.78 is 4.52. The summed E-state index contributed by atoms with van der Waals surface area (Å²) in [5.41, 5.74) is 3.23. The summed E-state index contributed by atoms with van der Waals surface area (Å²) in [4.78, 5) is 18.9. The molecule has 0 aliphatic rings. The number of nitrogen functional groups attached to an aromatic ring is 1. The molecule has 0 atom stereocenters. The lowest BCUT2D eigenvalue weighted by Gasteiger charge is -2.08. The number of aromatic nitrogens is 2. The van der Waals surface area contributed by atoms with Crippen molar-refractivity contribution in [2.75, 3.05) is 24.4 Å². The van der Waals surface area contributed by atoms with Crippen LogP contribution < -0.4 is 16.6 Å². The highest BCUT2D eigenvalue weighted by Gasteiger charge is 2.04. The topological polar surface area (TPSA) is 102 Å². The van der Waals surface area contributed by atoms with Gasteiger partial charge in [0.15, 0.2) is 0 Å². The van der Waals surface area contributed by atoms with E-state index in [0.717, 1.165) is 5.56 Å². The van der Waals surface area contributed by atoms with Gasteiger partial charge < -0.3 is 10.1 Å². The summed E-state index contributed by atoms with van der Waals surface area (Å²) in [6.45, 7) is 2.31. The molecule has 88 valence electrons. The SMILES string of the molecule is COC(=O)CCNc1nc(NN)ncc1C. The molecule has 0 saturated heterocycles. The number of hydrogen-bond donors (Lipinski definition) is 3. The van der Waals surface area contributed by atoms with E-state index in [4.69, 9.17) is 5.84 Å². The van der Waals surface area contributed by atoms with Crippen molar-refractivity contribution >= 4 is 17.7 Å². The van der Waals surface area contributed by atoms with Gasteiger partial charge in [-0.15, -0.1) is 0 Å². The molecule has 0 radical (unpaired) electrons. The standard InChI is InChI=1S/C9H15N5O2/c1-6-5-12-9(14-10)13-8(6)11-4-3-7(15)16-2/h5H,3-4,10H2,1-2H3,(H2,11,12,13,14). The Morgan fingerprint density at radius 3 is 3.00 bits per heavy atom. The van der Waals surface area contributed by atoms with Gasteiger partial charge in [-0.2, -0.15) is 4.98 Å². The summed E-state index contributed by atoms with van der Waals surface area (Å²) in [6, 6.07) is 0. The number of hydrazine groups is 1. The fourth-order valence-corrected chi connectivity index (χ4v) is 1.08. The number of anilines is 2. The largest absolute Gasteiger partial charge is 0.469 e. The number of nitrogens with one attached hydrogen (secondary N) is 2. The van der Waals surface area contributed by atoms with Crippen LogP contribution in [-0.2, 0) is 9.53 Å². The summed E-state index contributed by atoms with van der Waals surface area (Å²) in [5, 5.41) is 3.01. The van der Waals surface area contributed by atoms with E-state index < -0.39 is 0 Å². The van der Waals surface area contributed by atoms with E-state index in [1.54, 1.807) is 6.20 Å². The number of aryl methyl sites for hydroxylation is 1. The first-order valence-corrected chi connectivity index (χ1v) is 4.78. The molecule has 7 nitrogen and oxygen atoms in total. The third kappa shape index (κ3) is 3.35. The van der Waals surface area contributed by atoms with Gasteiger partial charge in [0.25, 0.3) is 0 Å². The molecule has 1 rings (SSSR count). The van der Waals surface area contributed by atoms with Gasteiger partial charge in [0, 0.05) is 18.3 Å². The molecule has 0 amide bonds. The molecule has 0 saturated carbocycles. The molecule has 4 N–H and O–H groups in total. The Morgan fingerprint density at radius 1 is 1.62 bits per heavy atom. The predicted molar refractivity (Wildman–Crippen MR) is 59.7 cm³/mol. The van der Waals surface area contributed by atoms with E-state index >= 15 is 0 Å². The smallest absolute Gasteiger partial charge is 0.307 e. The van der Waals surface area contributed by atoms with E-state index in [-0.39, 0.29) is 12.4 Å². The molecule has 0 unspecified atom stereocenters. The molecular formula is C9H15N5O2. The third-order valence-corrected chi connectivity index (χ3v) is 1.95. The molecule has 1 heterocycles. The van der Waals surface area contributed by atoms with Crippen molar-refractivity contribution in [3.05, 3.63) is 11.8 Å². The molecule has 1 aromatic rings. The second-order valence-electron chi connectivity index (χ2n) is 3.12. The maximum Gasteiger partial charge on any atom is 0.307 e. The Bertz CT molecular complexity index is 369. The van der Waals surface area contributed by atoms with Crippen molar-refractivity contribution in [1.29, 1.82) is 0 Å². The van der Waals surface area contributed by atoms with Crippen molar-refractivity contribution < 1.29 is 9.53 Å². The van der Waals surface area contributed by atoms with Gasteiger partial charge in [0.05, 0.1) is 13.5 Å². The highest BCUT2D eigenvalue weighted by molar-refractivity contribution is 5.69. The number of methoxy groups -OCH3 is 1. The molecule has 0 spiro atoms. The molecular weight excluding hydrogens is 210 g/mol. The van der Waals surface area contributed by atoms with E-state index in [0.29, 0.717) is 18.3 Å². The van der Waals surface area contributed by atoms with E-state index in [2.05, 4.69) is 25.4 Å². The monoisotopic (exact) mass is 225 g/mol. The molecule has 0 aliphatic carbocycles. The van der Waals surface area contributed by atoms with Gasteiger partial charge in [0.2, 0.25) is 5.95 Å². The Morgan fingerprint density at radius 2 is 2.38 bits per heavy atom. The molecule has 16 heavy (non-hydrogen) atoms. The second-order valence-corrected chi connectivity index (χ2v) is 3.12. The van der Waals surface area contributed by atoms with Crippen LogP contribution in [-0.4, -0.2) is 29.6 Å². The lowest BCUT2D eigenvalue weighted by Crippen LogP contribution is -2.14. The zero-order valence-corrected chi connectivity index (χ0v) is 9.28. The van der Waals surface area contributed by atoms with Gasteiger partial charge in [-0.05, 0) is 6.92 Å². The Balaban J connectivity index is 2.55. The average Bonchev–Trinajstić information content (AvgIpc) is 2.31. The van der Waals surface area contributed by atoms with Crippen molar-refractivity contribution in [1.82, 2.24) is 9.97 Å². The Kier molecular flexibility index (Phi) is 4.46. The molecule has 7 heteroatoms. The van der Waals surface area contributed by atoms with Crippen LogP contribution in [0.5, 0.6) is 0 Å². The summed E-state index contributed by atoms with van der Waals surface area (Å²) in [7, 11) is 1.36. The third-order valence-electron chi connectivity index (χ3n) is 1.95. The average molecular weight is 225 g/mol. The fourth-order valence-electron chi connectivity index (χ4n) is 1.08. The van der Waals surface area contributed by atoms with Crippen LogP contribution in [0.3, 0.4) is 0 Å². The summed E-state index contributed by atoms with van der Waals surface area (Å²) >= 11 is 0. The van der Waals surface area contributed by atoms with Crippen LogP contribution in [0.4, 0.5) is 11.8 Å². The van der Waals surface area contributed by atoms with Gasteiger partial charge in [-0.25, -0.2) is 10.8 Å². The molecule has 0 bridgehead atoms. The Labute approximate surface area is 93.4 Å². The first kappa shape index (κ1) is 12.2. The van der Waals surface area contributed by atoms with Crippen LogP contribution >= 0.6 is 0 Å². The highest BCUT2D eigenvalue weighted by Crippen LogP contribution is 2.11. The minimum absolute atomic E-state index is 0.267. The van der Waals surface area contributed by atoms with E-state index in [1.165, 1.54) is 7.11 Å². The maximum absolute atomic E-state index is 10.9. The van der Waals surface area contributed by atoms with Crippen LogP contribution in [0.2, 0.25) is 0 Å². The zero-order chi connectivity index (χ0) is 12.0. The van der Waals surface area contributed by atoms with Gasteiger partial charge >= 0.3 is 5.97 Å². The van der Waals surface area contributed by atoms with Crippen LogP contribution in [0.25, 0.3) is 0 Å². The fraction of sp³-hybridized carbons (Fsp3) is 0.444. The van der Waals surface area contributed by atoms with Crippen molar-refractivity contribution in [2.45, 2.75) is 13.3 Å². The minimum Gasteiger partial charge on any atom is -0.469 e. The van der Waals surface area contributed by atoms with Crippen molar-refractivity contribution in [2.24, 2.45) is 5.84 Å². The molecule has 1 aromatic heterocycles. The number of nitrogens with two attached hydrogens (primary N) is 1. The van der Waals surface area contributed by atoms with Gasteiger partial charge in [-0.3, -0.25) is 10.2 Å². The quantitative estimate of drug-likeness (QED) is 0.369. The lowest BCUT2D eigenvalue weighted by molar-refractivity contribution is -0.140. The minimum atomic E-state index is -0.267. The second kappa shape index (κ2) is 5.86. The van der Waals surface area contributed by atoms with E-state index in [9.17, 15) is 4.79 Å². The van der Waals surface area contributed by atoms with Gasteiger partial charge in [0.1, 0.15) is 5.82 Å². The van der Waals surface area contributed by atoms with Crippen molar-refractivity contribution in [3.63, 3.8) is 0 Å². The summed E-state index contributed by atoms with van der Waals surface area (Å²) in [6.07, 6.45) is 1.92. The van der Waals surface area contributed by atoms with Gasteiger partial charge in [-0.1, -0.05) is 0 Å². The van der Waals surface area contributed by atoms with E-state index in [1.807, 2.05) is 6.92 Å². The summed E-state index contributed by atoms with van der Waals surface area (Å²) in [5.74, 6) is 5.89. The van der Waals surface area contributed by atoms with Crippen LogP contribution in [0.15, 0.2) is 6.20 Å². The number of rotatable bonds is 5. The maximum atomic E-state index is 10.9. The number of ether oxygens (including phenoxy) is 1. The predicted octanol–water partition coefficient (Wildman–Crippen LogP) is 0.0456. The number of esters is 1. The normalized spacial score (nSPS) is 9.69. The zero-order valence-electron chi connectivity index (χ0n) is 9.28. The molecule has 0 aliphatic heterocycles. The lowest BCUT2D eigenvalue weighted by atomic mass is 10.3. The van der Waals surface area contributed by atoms with Crippen LogP contribution in [0, 0.1) is 6.92 Å².